The van der Waals surface area contributed by atoms with Gasteiger partial charge in [0.2, 0.25) is 11.8 Å². The Balaban J connectivity index is 1.53. The molecule has 7 heteroatoms. The number of anilines is 2. The first-order valence-corrected chi connectivity index (χ1v) is 11.5. The second-order valence-electron chi connectivity index (χ2n) is 8.23. The molecule has 0 unspecified atom stereocenters. The Hall–Kier alpha value is -3.19. The maximum absolute atomic E-state index is 6.03. The Labute approximate surface area is 195 Å². The molecule has 2 atom stereocenters. The number of nitrogens with one attached hydrogen (secondary N) is 2. The van der Waals surface area contributed by atoms with Gasteiger partial charge >= 0.3 is 0 Å². The quantitative estimate of drug-likeness (QED) is 0.480. The number of nitrogens with zero attached hydrogens (tertiary/aromatic N) is 3. The number of aromatic nitrogens is 2. The van der Waals surface area contributed by atoms with Crippen molar-refractivity contribution in [2.45, 2.75) is 32.7 Å². The van der Waals surface area contributed by atoms with E-state index in [0.29, 0.717) is 22.9 Å². The highest BCUT2D eigenvalue weighted by molar-refractivity contribution is 7.80. The molecule has 6 nitrogen and oxygen atoms in total. The Morgan fingerprint density at radius 3 is 2.53 bits per heavy atom. The summed E-state index contributed by atoms with van der Waals surface area (Å²) in [5.41, 5.74) is 1.15. The second-order valence-corrected chi connectivity index (χ2v) is 8.64. The number of hydrogen-bond donors (Lipinski definition) is 2. The summed E-state index contributed by atoms with van der Waals surface area (Å²) in [6.07, 6.45) is 2.39. The van der Waals surface area contributed by atoms with Crippen LogP contribution in [0.2, 0.25) is 0 Å². The van der Waals surface area contributed by atoms with Crippen LogP contribution < -0.4 is 20.3 Å². The molecular formula is C25H29N5OS. The van der Waals surface area contributed by atoms with E-state index in [2.05, 4.69) is 46.5 Å². The van der Waals surface area contributed by atoms with Crippen LogP contribution in [0.3, 0.4) is 0 Å². The van der Waals surface area contributed by atoms with E-state index in [0.717, 1.165) is 36.6 Å². The minimum atomic E-state index is 0.0577. The third-order valence-electron chi connectivity index (χ3n) is 5.51. The Morgan fingerprint density at radius 1 is 1.09 bits per heavy atom. The topological polar surface area (TPSA) is 62.3 Å². The van der Waals surface area contributed by atoms with Crippen molar-refractivity contribution in [1.82, 2.24) is 15.3 Å². The first-order chi connectivity index (χ1) is 15.6. The minimum Gasteiger partial charge on any atom is -0.439 e. The maximum atomic E-state index is 6.03. The lowest BCUT2D eigenvalue weighted by atomic mass is 10.0. The van der Waals surface area contributed by atoms with E-state index >= 15 is 0 Å². The number of thiocarbonyl (C=S) groups is 1. The highest BCUT2D eigenvalue weighted by Gasteiger charge is 2.20. The summed E-state index contributed by atoms with van der Waals surface area (Å²) in [5, 5.41) is 6.93. The van der Waals surface area contributed by atoms with Crippen LogP contribution in [0.5, 0.6) is 11.6 Å². The number of para-hydroxylation sites is 1. The summed E-state index contributed by atoms with van der Waals surface area (Å²) >= 11 is 5.55. The third kappa shape index (κ3) is 5.95. The second kappa shape index (κ2) is 10.4. The molecule has 1 aliphatic rings. The lowest BCUT2D eigenvalue weighted by Gasteiger charge is -2.32. The summed E-state index contributed by atoms with van der Waals surface area (Å²) in [4.78, 5) is 11.6. The van der Waals surface area contributed by atoms with Crippen molar-refractivity contribution in [3.05, 3.63) is 72.3 Å². The zero-order valence-electron chi connectivity index (χ0n) is 18.5. The Bertz CT molecular complexity index is 1030. The molecule has 0 amide bonds. The van der Waals surface area contributed by atoms with Gasteiger partial charge in [0.15, 0.2) is 5.11 Å². The lowest BCUT2D eigenvalue weighted by molar-refractivity contribution is 0.440. The third-order valence-corrected chi connectivity index (χ3v) is 5.73. The van der Waals surface area contributed by atoms with Gasteiger partial charge in [-0.1, -0.05) is 55.5 Å². The zero-order chi connectivity index (χ0) is 22.3. The van der Waals surface area contributed by atoms with E-state index < -0.39 is 0 Å². The van der Waals surface area contributed by atoms with Crippen molar-refractivity contribution in [3.63, 3.8) is 0 Å². The number of rotatable bonds is 6. The average molecular weight is 448 g/mol. The van der Waals surface area contributed by atoms with Gasteiger partial charge in [-0.3, -0.25) is 0 Å². The molecule has 0 bridgehead atoms. The van der Waals surface area contributed by atoms with Gasteiger partial charge in [0.05, 0.1) is 6.04 Å². The van der Waals surface area contributed by atoms with Gasteiger partial charge in [0.25, 0.3) is 0 Å². The number of piperidine rings is 1. The van der Waals surface area contributed by atoms with Crippen molar-refractivity contribution in [3.8, 4) is 11.6 Å². The van der Waals surface area contributed by atoms with Crippen molar-refractivity contribution in [2.75, 3.05) is 23.3 Å². The van der Waals surface area contributed by atoms with Crippen LogP contribution in [0.15, 0.2) is 66.7 Å². The standard InChI is InChI=1S/C25H29N5OS/c1-18-10-9-15-30(17-18)22-16-23(31-21-13-7-4-8-14-21)28-24(27-22)29-25(32)26-19(2)20-11-5-3-6-12-20/h3-8,11-14,16,18-19H,9-10,15,17H2,1-2H3,(H2,26,27,28,29,32)/t18-,19-/m1/s1. The predicted octanol–water partition coefficient (Wildman–Crippen LogP) is 5.55. The van der Waals surface area contributed by atoms with Crippen LogP contribution in [0, 0.1) is 5.92 Å². The molecule has 1 fully saturated rings. The maximum Gasteiger partial charge on any atom is 0.234 e. The molecule has 2 aromatic carbocycles. The van der Waals surface area contributed by atoms with E-state index in [9.17, 15) is 0 Å². The van der Waals surface area contributed by atoms with E-state index in [1.165, 1.54) is 6.42 Å². The van der Waals surface area contributed by atoms with Crippen molar-refractivity contribution in [2.24, 2.45) is 5.92 Å². The normalized spacial score (nSPS) is 16.8. The molecule has 0 radical (unpaired) electrons. The van der Waals surface area contributed by atoms with Crippen LogP contribution in [0.1, 0.15) is 38.3 Å². The summed E-state index contributed by atoms with van der Waals surface area (Å²) < 4.78 is 6.03. The van der Waals surface area contributed by atoms with Gasteiger partial charge in [-0.25, -0.2) is 0 Å². The lowest BCUT2D eigenvalue weighted by Crippen LogP contribution is -2.35. The number of ether oxygens (including phenoxy) is 1. The summed E-state index contributed by atoms with van der Waals surface area (Å²) in [6.45, 7) is 6.28. The first-order valence-electron chi connectivity index (χ1n) is 11.1. The molecule has 1 aliphatic heterocycles. The van der Waals surface area contributed by atoms with Crippen molar-refractivity contribution in [1.29, 1.82) is 0 Å². The Morgan fingerprint density at radius 2 is 1.81 bits per heavy atom. The van der Waals surface area contributed by atoms with Crippen molar-refractivity contribution < 1.29 is 4.74 Å². The molecule has 0 saturated carbocycles. The van der Waals surface area contributed by atoms with Crippen LogP contribution in [0.25, 0.3) is 0 Å². The monoisotopic (exact) mass is 447 g/mol. The molecule has 1 saturated heterocycles. The molecule has 0 aliphatic carbocycles. The van der Waals surface area contributed by atoms with E-state index in [1.54, 1.807) is 0 Å². The SMILES string of the molecule is C[C@@H]1CCCN(c2cc(Oc3ccccc3)nc(NC(=S)N[C@H](C)c3ccccc3)n2)C1. The fraction of sp³-hybridized carbons (Fsp3) is 0.320. The first kappa shape index (κ1) is 22.0. The van der Waals surface area contributed by atoms with Gasteiger partial charge in [0, 0.05) is 19.2 Å². The number of hydrogen-bond acceptors (Lipinski definition) is 5. The van der Waals surface area contributed by atoms with E-state index in [-0.39, 0.29) is 6.04 Å². The van der Waals surface area contributed by atoms with E-state index in [1.807, 2.05) is 54.6 Å². The van der Waals surface area contributed by atoms with Gasteiger partial charge in [0.1, 0.15) is 11.6 Å². The van der Waals surface area contributed by atoms with Gasteiger partial charge in [-0.05, 0) is 55.6 Å². The molecular weight excluding hydrogens is 418 g/mol. The van der Waals surface area contributed by atoms with Crippen LogP contribution >= 0.6 is 12.2 Å². The smallest absolute Gasteiger partial charge is 0.234 e. The van der Waals surface area contributed by atoms with E-state index in [4.69, 9.17) is 21.9 Å². The van der Waals surface area contributed by atoms with Crippen molar-refractivity contribution >= 4 is 29.1 Å². The highest BCUT2D eigenvalue weighted by atomic mass is 32.1. The molecule has 0 spiro atoms. The van der Waals surface area contributed by atoms with Crippen LogP contribution in [-0.2, 0) is 0 Å². The number of benzene rings is 2. The molecule has 4 rings (SSSR count). The summed E-state index contributed by atoms with van der Waals surface area (Å²) in [6, 6.07) is 21.8. The van der Waals surface area contributed by atoms with Gasteiger partial charge in [-0.2, -0.15) is 9.97 Å². The zero-order valence-corrected chi connectivity index (χ0v) is 19.3. The molecule has 166 valence electrons. The molecule has 32 heavy (non-hydrogen) atoms. The molecule has 2 N–H and O–H groups in total. The molecule has 3 aromatic rings. The highest BCUT2D eigenvalue weighted by Crippen LogP contribution is 2.27. The van der Waals surface area contributed by atoms with Crippen LogP contribution in [0.4, 0.5) is 11.8 Å². The molecule has 2 heterocycles. The Kier molecular flexibility index (Phi) is 7.17. The van der Waals surface area contributed by atoms with Gasteiger partial charge < -0.3 is 20.3 Å². The molecule has 1 aromatic heterocycles. The summed E-state index contributed by atoms with van der Waals surface area (Å²) in [5.74, 6) is 3.11. The fourth-order valence-electron chi connectivity index (χ4n) is 3.85. The van der Waals surface area contributed by atoms with Crippen LogP contribution in [-0.4, -0.2) is 28.2 Å². The average Bonchev–Trinajstić information content (AvgIpc) is 2.80. The fourth-order valence-corrected chi connectivity index (χ4v) is 4.12. The predicted molar refractivity (Wildman–Crippen MR) is 133 cm³/mol. The van der Waals surface area contributed by atoms with Gasteiger partial charge in [-0.15, -0.1) is 0 Å². The summed E-state index contributed by atoms with van der Waals surface area (Å²) in [7, 11) is 0. The minimum absolute atomic E-state index is 0.0577. The largest absolute Gasteiger partial charge is 0.439 e.